The van der Waals surface area contributed by atoms with E-state index in [4.69, 9.17) is 0 Å². The maximum atomic E-state index is 13.1. The molecule has 0 saturated carbocycles. The molecule has 22 heavy (non-hydrogen) atoms. The number of hydrogen-bond acceptors (Lipinski definition) is 2. The van der Waals surface area contributed by atoms with Crippen LogP contribution >= 0.6 is 0 Å². The minimum absolute atomic E-state index is 0.0147. The van der Waals surface area contributed by atoms with Crippen LogP contribution in [0.15, 0.2) is 54.6 Å². The van der Waals surface area contributed by atoms with Gasteiger partial charge in [-0.05, 0) is 24.6 Å². The van der Waals surface area contributed by atoms with Crippen LogP contribution < -0.4 is 5.32 Å². The van der Waals surface area contributed by atoms with Crippen molar-refractivity contribution in [3.05, 3.63) is 71.5 Å². The second kappa shape index (κ2) is 7.50. The van der Waals surface area contributed by atoms with Crippen molar-refractivity contribution in [3.8, 4) is 0 Å². The molecule has 1 N–H and O–H groups in total. The van der Waals surface area contributed by atoms with E-state index in [1.807, 2.05) is 6.07 Å². The molecule has 0 fully saturated rings. The van der Waals surface area contributed by atoms with Gasteiger partial charge in [0.1, 0.15) is 5.82 Å². The van der Waals surface area contributed by atoms with Crippen LogP contribution in [0, 0.1) is 5.82 Å². The highest BCUT2D eigenvalue weighted by molar-refractivity contribution is 5.96. The number of rotatable bonds is 6. The predicted molar refractivity (Wildman–Crippen MR) is 83.1 cm³/mol. The summed E-state index contributed by atoms with van der Waals surface area (Å²) in [4.78, 5) is 23.9. The molecule has 0 spiro atoms. The Bertz CT molecular complexity index is 655. The van der Waals surface area contributed by atoms with Gasteiger partial charge in [0.2, 0.25) is 5.91 Å². The third-order valence-electron chi connectivity index (χ3n) is 3.25. The van der Waals surface area contributed by atoms with E-state index in [2.05, 4.69) is 5.32 Å². The molecule has 114 valence electrons. The molecule has 0 aromatic heterocycles. The summed E-state index contributed by atoms with van der Waals surface area (Å²) in [5.74, 6) is -0.601. The number of benzene rings is 2. The molecule has 1 atom stereocenters. The molecule has 0 bridgehead atoms. The summed E-state index contributed by atoms with van der Waals surface area (Å²) in [5, 5.41) is 2.77. The molecular weight excluding hydrogens is 281 g/mol. The fraction of sp³-hybridized carbons (Fsp3) is 0.222. The molecule has 4 heteroatoms. The Morgan fingerprint density at radius 3 is 2.50 bits per heavy atom. The van der Waals surface area contributed by atoms with Gasteiger partial charge in [-0.15, -0.1) is 0 Å². The van der Waals surface area contributed by atoms with Gasteiger partial charge in [0.05, 0.1) is 6.42 Å². The van der Waals surface area contributed by atoms with Crippen molar-refractivity contribution in [1.82, 2.24) is 5.32 Å². The van der Waals surface area contributed by atoms with Crippen LogP contribution in [0.25, 0.3) is 0 Å². The molecule has 0 unspecified atom stereocenters. The summed E-state index contributed by atoms with van der Waals surface area (Å²) >= 11 is 0. The molecule has 2 aromatic carbocycles. The Labute approximate surface area is 129 Å². The van der Waals surface area contributed by atoms with Crippen molar-refractivity contribution in [2.75, 3.05) is 0 Å². The number of carbonyl (C=O) groups is 2. The molecule has 0 aliphatic heterocycles. The molecular formula is C18H18FNO2. The number of carbonyl (C=O) groups excluding carboxylic acids is 2. The predicted octanol–water partition coefficient (Wildman–Crippen LogP) is 3.15. The van der Waals surface area contributed by atoms with Gasteiger partial charge in [-0.3, -0.25) is 9.59 Å². The van der Waals surface area contributed by atoms with E-state index in [9.17, 15) is 14.0 Å². The minimum Gasteiger partial charge on any atom is -0.353 e. The monoisotopic (exact) mass is 299 g/mol. The zero-order chi connectivity index (χ0) is 15.9. The highest BCUT2D eigenvalue weighted by Gasteiger charge is 2.13. The normalized spacial score (nSPS) is 11.7. The van der Waals surface area contributed by atoms with Crippen LogP contribution in [0.3, 0.4) is 0 Å². The number of Topliss-reactive ketones (excluding diaryl/α,β-unsaturated/α-hetero) is 1. The van der Waals surface area contributed by atoms with E-state index in [1.54, 1.807) is 43.3 Å². The summed E-state index contributed by atoms with van der Waals surface area (Å²) in [7, 11) is 0. The second-order valence-electron chi connectivity index (χ2n) is 5.27. The van der Waals surface area contributed by atoms with E-state index in [0.29, 0.717) is 11.1 Å². The first-order valence-corrected chi connectivity index (χ1v) is 7.16. The largest absolute Gasteiger partial charge is 0.353 e. The van der Waals surface area contributed by atoms with Crippen molar-refractivity contribution in [2.24, 2.45) is 0 Å². The number of amides is 1. The minimum atomic E-state index is -0.363. The number of hydrogen-bond donors (Lipinski definition) is 1. The maximum absolute atomic E-state index is 13.1. The first kappa shape index (κ1) is 15.9. The van der Waals surface area contributed by atoms with Crippen molar-refractivity contribution in [1.29, 1.82) is 0 Å². The van der Waals surface area contributed by atoms with E-state index in [0.717, 1.165) is 0 Å². The summed E-state index contributed by atoms with van der Waals surface area (Å²) in [6.07, 6.45) is 0.334. The second-order valence-corrected chi connectivity index (χ2v) is 5.27. The third kappa shape index (κ3) is 4.81. The Balaban J connectivity index is 1.85. The van der Waals surface area contributed by atoms with Gasteiger partial charge in [-0.1, -0.05) is 42.5 Å². The van der Waals surface area contributed by atoms with Crippen LogP contribution in [0.1, 0.15) is 29.3 Å². The highest BCUT2D eigenvalue weighted by Crippen LogP contribution is 2.07. The van der Waals surface area contributed by atoms with E-state index < -0.39 is 0 Å². The molecule has 2 aromatic rings. The van der Waals surface area contributed by atoms with Gasteiger partial charge in [0.15, 0.2) is 5.78 Å². The average molecular weight is 299 g/mol. The standard InChI is InChI=1S/C18H18FNO2/c1-13(10-17(21)15-7-3-2-4-8-15)20-18(22)12-14-6-5-9-16(19)11-14/h2-9,11,13H,10,12H2,1H3,(H,20,22)/t13-/m1/s1. The first-order chi connectivity index (χ1) is 10.5. The Morgan fingerprint density at radius 2 is 1.82 bits per heavy atom. The zero-order valence-electron chi connectivity index (χ0n) is 12.4. The van der Waals surface area contributed by atoms with E-state index >= 15 is 0 Å². The van der Waals surface area contributed by atoms with E-state index in [1.165, 1.54) is 12.1 Å². The SMILES string of the molecule is C[C@H](CC(=O)c1ccccc1)NC(=O)Cc1cccc(F)c1. The van der Waals surface area contributed by atoms with Gasteiger partial charge in [0.25, 0.3) is 0 Å². The lowest BCUT2D eigenvalue weighted by molar-refractivity contribution is -0.121. The third-order valence-corrected chi connectivity index (χ3v) is 3.25. The van der Waals surface area contributed by atoms with Crippen molar-refractivity contribution >= 4 is 11.7 Å². The van der Waals surface area contributed by atoms with Gasteiger partial charge in [-0.25, -0.2) is 4.39 Å². The van der Waals surface area contributed by atoms with Gasteiger partial charge < -0.3 is 5.32 Å². The van der Waals surface area contributed by atoms with Crippen LogP contribution in [-0.2, 0) is 11.2 Å². The lowest BCUT2D eigenvalue weighted by atomic mass is 10.0. The van der Waals surface area contributed by atoms with Crippen molar-refractivity contribution in [3.63, 3.8) is 0 Å². The zero-order valence-corrected chi connectivity index (χ0v) is 12.4. The summed E-state index contributed by atoms with van der Waals surface area (Å²) < 4.78 is 13.1. The smallest absolute Gasteiger partial charge is 0.224 e. The average Bonchev–Trinajstić information content (AvgIpc) is 2.47. The van der Waals surface area contributed by atoms with Crippen molar-refractivity contribution < 1.29 is 14.0 Å². The molecule has 1 amide bonds. The molecule has 0 aliphatic carbocycles. The molecule has 0 saturated heterocycles. The Kier molecular flexibility index (Phi) is 5.42. The summed E-state index contributed by atoms with van der Waals surface area (Å²) in [6, 6.07) is 14.6. The van der Waals surface area contributed by atoms with Crippen LogP contribution in [0.5, 0.6) is 0 Å². The first-order valence-electron chi connectivity index (χ1n) is 7.16. The van der Waals surface area contributed by atoms with Gasteiger partial charge in [0, 0.05) is 18.0 Å². The molecule has 3 nitrogen and oxygen atoms in total. The lowest BCUT2D eigenvalue weighted by Gasteiger charge is -2.13. The molecule has 0 aliphatic rings. The quantitative estimate of drug-likeness (QED) is 0.833. The fourth-order valence-corrected chi connectivity index (χ4v) is 2.23. The summed E-state index contributed by atoms with van der Waals surface area (Å²) in [6.45, 7) is 1.78. The van der Waals surface area contributed by atoms with Gasteiger partial charge in [-0.2, -0.15) is 0 Å². The Hall–Kier alpha value is -2.49. The van der Waals surface area contributed by atoms with Gasteiger partial charge >= 0.3 is 0 Å². The maximum Gasteiger partial charge on any atom is 0.224 e. The lowest BCUT2D eigenvalue weighted by Crippen LogP contribution is -2.35. The van der Waals surface area contributed by atoms with Crippen molar-refractivity contribution in [2.45, 2.75) is 25.8 Å². The fourth-order valence-electron chi connectivity index (χ4n) is 2.23. The van der Waals surface area contributed by atoms with E-state index in [-0.39, 0.29) is 36.4 Å². The number of nitrogens with one attached hydrogen (secondary N) is 1. The number of ketones is 1. The van der Waals surface area contributed by atoms with Crippen LogP contribution in [-0.4, -0.2) is 17.7 Å². The van der Waals surface area contributed by atoms with Crippen LogP contribution in [0.4, 0.5) is 4.39 Å². The van der Waals surface area contributed by atoms with Crippen LogP contribution in [0.2, 0.25) is 0 Å². The highest BCUT2D eigenvalue weighted by atomic mass is 19.1. The number of halogens is 1. The molecule has 0 radical (unpaired) electrons. The summed E-state index contributed by atoms with van der Waals surface area (Å²) in [5.41, 5.74) is 1.24. The molecule has 2 rings (SSSR count). The Morgan fingerprint density at radius 1 is 1.09 bits per heavy atom. The topological polar surface area (TPSA) is 46.2 Å². The molecule has 0 heterocycles.